The van der Waals surface area contributed by atoms with Crippen molar-refractivity contribution in [2.45, 2.75) is 25.9 Å². The molecule has 2 aromatic heterocycles. The number of carbonyl (C=O) groups is 1. The Labute approximate surface area is 170 Å². The summed E-state index contributed by atoms with van der Waals surface area (Å²) in [6.07, 6.45) is -3.28. The lowest BCUT2D eigenvalue weighted by molar-refractivity contribution is -0.129. The van der Waals surface area contributed by atoms with Gasteiger partial charge in [-0.1, -0.05) is 22.9 Å². The number of nitrogens with zero attached hydrogens (tertiary/aromatic N) is 3. The molecule has 0 aliphatic carbocycles. The first-order valence-corrected chi connectivity index (χ1v) is 10.8. The second kappa shape index (κ2) is 9.75. The van der Waals surface area contributed by atoms with Crippen molar-refractivity contribution in [2.24, 2.45) is 0 Å². The Morgan fingerprint density at radius 1 is 1.32 bits per heavy atom. The first-order chi connectivity index (χ1) is 13.1. The van der Waals surface area contributed by atoms with Crippen molar-refractivity contribution in [3.63, 3.8) is 0 Å². The predicted octanol–water partition coefficient (Wildman–Crippen LogP) is 4.44. The summed E-state index contributed by atoms with van der Waals surface area (Å²) in [6.45, 7) is 1.93. The molecule has 0 aliphatic heterocycles. The van der Waals surface area contributed by atoms with E-state index in [9.17, 15) is 26.6 Å². The second-order valence-corrected chi connectivity index (χ2v) is 8.64. The molecule has 2 rings (SSSR count). The number of halogens is 5. The zero-order chi connectivity index (χ0) is 20.9. The SMILES string of the molecule is CCN(C(=O)CCS(=O)CCC(F)(F)F)c1sc(-c2cncc(F)c2)nc1Cl. The predicted molar refractivity (Wildman–Crippen MR) is 102 cm³/mol. The minimum absolute atomic E-state index is 0.0395. The molecule has 0 fully saturated rings. The lowest BCUT2D eigenvalue weighted by atomic mass is 10.3. The smallest absolute Gasteiger partial charge is 0.301 e. The second-order valence-electron chi connectivity index (χ2n) is 5.61. The van der Waals surface area contributed by atoms with Gasteiger partial charge in [-0.2, -0.15) is 13.2 Å². The van der Waals surface area contributed by atoms with Crippen molar-refractivity contribution in [2.75, 3.05) is 23.0 Å². The quantitative estimate of drug-likeness (QED) is 0.550. The molecule has 1 amide bonds. The lowest BCUT2D eigenvalue weighted by Gasteiger charge is -2.19. The maximum Gasteiger partial charge on any atom is 0.390 e. The summed E-state index contributed by atoms with van der Waals surface area (Å²) in [5.74, 6) is -1.70. The first-order valence-electron chi connectivity index (χ1n) is 8.10. The molecule has 0 saturated carbocycles. The fourth-order valence-corrected chi connectivity index (χ4v) is 4.65. The molecular formula is C16H16ClF4N3O2S2. The van der Waals surface area contributed by atoms with E-state index in [2.05, 4.69) is 9.97 Å². The molecule has 0 spiro atoms. The highest BCUT2D eigenvalue weighted by Gasteiger charge is 2.28. The van der Waals surface area contributed by atoms with E-state index in [4.69, 9.17) is 11.6 Å². The number of amides is 1. The zero-order valence-electron chi connectivity index (χ0n) is 14.6. The van der Waals surface area contributed by atoms with Crippen LogP contribution in [0.1, 0.15) is 19.8 Å². The summed E-state index contributed by atoms with van der Waals surface area (Å²) < 4.78 is 61.6. The van der Waals surface area contributed by atoms with Crippen LogP contribution in [0, 0.1) is 5.82 Å². The van der Waals surface area contributed by atoms with Gasteiger partial charge < -0.3 is 4.90 Å². The molecule has 0 aliphatic rings. The summed E-state index contributed by atoms with van der Waals surface area (Å²) in [4.78, 5) is 21.6. The molecule has 12 heteroatoms. The van der Waals surface area contributed by atoms with Crippen LogP contribution < -0.4 is 4.90 Å². The van der Waals surface area contributed by atoms with Gasteiger partial charge in [0.1, 0.15) is 15.8 Å². The van der Waals surface area contributed by atoms with E-state index in [1.165, 1.54) is 17.2 Å². The third-order valence-electron chi connectivity index (χ3n) is 3.54. The van der Waals surface area contributed by atoms with Crippen LogP contribution in [0.5, 0.6) is 0 Å². The van der Waals surface area contributed by atoms with Crippen LogP contribution in [0.3, 0.4) is 0 Å². The summed E-state index contributed by atoms with van der Waals surface area (Å²) in [5.41, 5.74) is 0.398. The summed E-state index contributed by atoms with van der Waals surface area (Å²) >= 11 is 7.18. The van der Waals surface area contributed by atoms with Gasteiger partial charge in [0, 0.05) is 47.0 Å². The monoisotopic (exact) mass is 457 g/mol. The number of alkyl halides is 3. The number of pyridine rings is 1. The highest BCUT2D eigenvalue weighted by Crippen LogP contribution is 2.37. The van der Waals surface area contributed by atoms with Crippen molar-refractivity contribution in [1.29, 1.82) is 0 Å². The number of hydrogen-bond acceptors (Lipinski definition) is 5. The number of rotatable bonds is 8. The Kier molecular flexibility index (Phi) is 7.90. The van der Waals surface area contributed by atoms with Crippen molar-refractivity contribution in [3.05, 3.63) is 29.4 Å². The van der Waals surface area contributed by atoms with E-state index >= 15 is 0 Å². The Hall–Kier alpha value is -1.59. The molecule has 0 radical (unpaired) electrons. The van der Waals surface area contributed by atoms with Crippen LogP contribution in [0.4, 0.5) is 22.6 Å². The van der Waals surface area contributed by atoms with E-state index in [-0.39, 0.29) is 23.9 Å². The van der Waals surface area contributed by atoms with Gasteiger partial charge in [0.25, 0.3) is 0 Å². The van der Waals surface area contributed by atoms with E-state index in [0.29, 0.717) is 15.6 Å². The maximum absolute atomic E-state index is 13.3. The number of carbonyl (C=O) groups excluding carboxylic acids is 1. The average molecular weight is 458 g/mol. The van der Waals surface area contributed by atoms with E-state index in [1.807, 2.05) is 0 Å². The van der Waals surface area contributed by atoms with Crippen LogP contribution in [0.2, 0.25) is 5.15 Å². The minimum Gasteiger partial charge on any atom is -0.301 e. The van der Waals surface area contributed by atoms with Gasteiger partial charge >= 0.3 is 6.18 Å². The molecule has 0 saturated heterocycles. The fraction of sp³-hybridized carbons (Fsp3) is 0.438. The maximum atomic E-state index is 13.3. The average Bonchev–Trinajstić information content (AvgIpc) is 3.00. The molecule has 0 aromatic carbocycles. The van der Waals surface area contributed by atoms with Crippen molar-refractivity contribution >= 4 is 44.6 Å². The Bertz CT molecular complexity index is 861. The van der Waals surface area contributed by atoms with E-state index < -0.39 is 40.9 Å². The number of thiazole rings is 1. The van der Waals surface area contributed by atoms with Gasteiger partial charge in [-0.3, -0.25) is 14.0 Å². The van der Waals surface area contributed by atoms with Gasteiger partial charge in [0.2, 0.25) is 5.91 Å². The molecule has 154 valence electrons. The first kappa shape index (κ1) is 22.7. The van der Waals surface area contributed by atoms with Crippen molar-refractivity contribution in [1.82, 2.24) is 9.97 Å². The Morgan fingerprint density at radius 3 is 2.64 bits per heavy atom. The highest BCUT2D eigenvalue weighted by molar-refractivity contribution is 7.84. The Morgan fingerprint density at radius 2 is 2.04 bits per heavy atom. The van der Waals surface area contributed by atoms with E-state index in [0.717, 1.165) is 17.5 Å². The van der Waals surface area contributed by atoms with Crippen LogP contribution in [0.15, 0.2) is 18.5 Å². The van der Waals surface area contributed by atoms with Crippen molar-refractivity contribution in [3.8, 4) is 10.6 Å². The molecule has 1 atom stereocenters. The molecule has 0 N–H and O–H groups in total. The molecular weight excluding hydrogens is 442 g/mol. The summed E-state index contributed by atoms with van der Waals surface area (Å²) in [5, 5.41) is 0.735. The minimum atomic E-state index is -4.38. The number of aromatic nitrogens is 2. The van der Waals surface area contributed by atoms with Gasteiger partial charge in [-0.25, -0.2) is 9.37 Å². The summed E-state index contributed by atoms with van der Waals surface area (Å²) in [6, 6.07) is 1.23. The third-order valence-corrected chi connectivity index (χ3v) is 6.36. The molecule has 1 unspecified atom stereocenters. The standard InChI is InChI=1S/C16H16ClF4N3O2S2/c1-2-24(12(25)3-5-28(26)6-4-16(19,20)21)15-13(17)23-14(27-15)10-7-11(18)9-22-8-10/h7-9H,2-6H2,1H3. The molecule has 2 aromatic rings. The van der Waals surface area contributed by atoms with Crippen LogP contribution in [-0.4, -0.2) is 44.3 Å². The van der Waals surface area contributed by atoms with Gasteiger partial charge in [0.05, 0.1) is 12.6 Å². The largest absolute Gasteiger partial charge is 0.390 e. The highest BCUT2D eigenvalue weighted by atomic mass is 35.5. The zero-order valence-corrected chi connectivity index (χ0v) is 17.0. The fourth-order valence-electron chi connectivity index (χ4n) is 2.21. The molecule has 0 bridgehead atoms. The van der Waals surface area contributed by atoms with E-state index in [1.54, 1.807) is 6.92 Å². The van der Waals surface area contributed by atoms with Crippen LogP contribution >= 0.6 is 22.9 Å². The molecule has 2 heterocycles. The van der Waals surface area contributed by atoms with Crippen LogP contribution in [-0.2, 0) is 15.6 Å². The molecule has 28 heavy (non-hydrogen) atoms. The lowest BCUT2D eigenvalue weighted by Crippen LogP contribution is -2.31. The Balaban J connectivity index is 2.06. The van der Waals surface area contributed by atoms with Gasteiger partial charge in [-0.15, -0.1) is 0 Å². The van der Waals surface area contributed by atoms with Crippen molar-refractivity contribution < 1.29 is 26.6 Å². The normalized spacial score (nSPS) is 12.8. The number of anilines is 1. The summed E-state index contributed by atoms with van der Waals surface area (Å²) in [7, 11) is -1.76. The number of hydrogen-bond donors (Lipinski definition) is 0. The topological polar surface area (TPSA) is 63.2 Å². The molecule has 5 nitrogen and oxygen atoms in total. The van der Waals surface area contributed by atoms with Gasteiger partial charge in [-0.05, 0) is 13.0 Å². The van der Waals surface area contributed by atoms with Crippen LogP contribution in [0.25, 0.3) is 10.6 Å². The van der Waals surface area contributed by atoms with Gasteiger partial charge in [0.15, 0.2) is 5.15 Å². The third kappa shape index (κ3) is 6.49.